The van der Waals surface area contributed by atoms with Crippen molar-refractivity contribution in [1.29, 1.82) is 0 Å². The summed E-state index contributed by atoms with van der Waals surface area (Å²) in [6, 6.07) is 77.0. The Hall–Kier alpha value is -8.34. The van der Waals surface area contributed by atoms with Gasteiger partial charge < -0.3 is 9.15 Å². The van der Waals surface area contributed by atoms with Gasteiger partial charge >= 0.3 is 0 Å². The number of fused-ring (bicyclic) bond motifs is 12. The number of nitrogens with zero attached hydrogens (tertiary/aromatic N) is 2. The molecule has 0 saturated heterocycles. The first-order valence-corrected chi connectivity index (χ1v) is 21.4. The van der Waals surface area contributed by atoms with Crippen LogP contribution in [0.5, 0.6) is 11.5 Å². The number of hydrogen-bond donors (Lipinski definition) is 0. The van der Waals surface area contributed by atoms with E-state index >= 15 is 0 Å². The van der Waals surface area contributed by atoms with Gasteiger partial charge in [-0.15, -0.1) is 0 Å². The number of furan rings is 1. The Bertz CT molecular complexity index is 3560. The summed E-state index contributed by atoms with van der Waals surface area (Å²) >= 11 is 0. The van der Waals surface area contributed by atoms with Crippen LogP contribution in [-0.2, 0) is 5.41 Å². The maximum atomic E-state index is 6.68. The fourth-order valence-electron chi connectivity index (χ4n) is 10.3. The first kappa shape index (κ1) is 35.4. The molecule has 0 saturated carbocycles. The Morgan fingerprint density at radius 2 is 0.921 bits per heavy atom. The molecule has 11 aromatic rings. The van der Waals surface area contributed by atoms with Crippen molar-refractivity contribution in [3.8, 4) is 78.8 Å². The van der Waals surface area contributed by atoms with Crippen LogP contribution in [0.25, 0.3) is 89.2 Å². The Labute approximate surface area is 364 Å². The number of ether oxygens (including phenoxy) is 1. The van der Waals surface area contributed by atoms with Crippen LogP contribution in [0.2, 0.25) is 0 Å². The Morgan fingerprint density at radius 1 is 0.349 bits per heavy atom. The quantitative estimate of drug-likeness (QED) is 0.174. The van der Waals surface area contributed by atoms with Gasteiger partial charge in [0.05, 0.1) is 16.8 Å². The molecule has 0 unspecified atom stereocenters. The van der Waals surface area contributed by atoms with E-state index in [0.29, 0.717) is 5.82 Å². The van der Waals surface area contributed by atoms with Gasteiger partial charge in [0.25, 0.3) is 0 Å². The maximum Gasteiger partial charge on any atom is 0.161 e. The number of para-hydroxylation sites is 4. The zero-order valence-corrected chi connectivity index (χ0v) is 34.0. The van der Waals surface area contributed by atoms with Crippen molar-refractivity contribution in [1.82, 2.24) is 9.97 Å². The van der Waals surface area contributed by atoms with Gasteiger partial charge in [0, 0.05) is 38.6 Å². The number of aromatic nitrogens is 2. The molecule has 1 spiro atoms. The molecule has 63 heavy (non-hydrogen) atoms. The molecule has 0 N–H and O–H groups in total. The minimum Gasteiger partial charge on any atom is -0.457 e. The second kappa shape index (κ2) is 13.8. The minimum absolute atomic E-state index is 0.624. The molecule has 2 aromatic heterocycles. The van der Waals surface area contributed by atoms with Crippen molar-refractivity contribution < 1.29 is 9.15 Å². The van der Waals surface area contributed by atoms with Crippen LogP contribution in [0.1, 0.15) is 22.3 Å². The molecule has 0 fully saturated rings. The molecule has 0 atom stereocenters. The summed E-state index contributed by atoms with van der Waals surface area (Å²) in [6.07, 6.45) is 0. The van der Waals surface area contributed by atoms with Crippen LogP contribution in [0.3, 0.4) is 0 Å². The molecule has 0 bridgehead atoms. The van der Waals surface area contributed by atoms with E-state index < -0.39 is 5.41 Å². The highest BCUT2D eigenvalue weighted by atomic mass is 16.5. The standard InChI is InChI=1S/C59H36N2O2/c1-3-17-37(18-4-1)39-33-34-40(46(35-39)38-19-5-2-6-20-38)51-36-52(44-24-15-23-42-41-21-8-12-30-53(41)63-57(42)44)61-58(60-51)45-25-16-29-50-56(45)43-22-7-9-26-47(43)59(50)48-27-10-13-31-54(48)62-55-32-14-11-28-49(55)59/h1-36H. The predicted octanol–water partition coefficient (Wildman–Crippen LogP) is 15.2. The molecule has 4 nitrogen and oxygen atoms in total. The molecule has 1 aliphatic carbocycles. The SMILES string of the molecule is c1ccc(-c2ccc(-c3cc(-c4cccc5c4oc4ccccc45)nc(-c4cccc5c4-c4ccccc4C54c5ccccc5Oc5ccccc54)n3)c(-c3ccccc3)c2)cc1. The molecular formula is C59H36N2O2. The molecule has 3 heterocycles. The van der Waals surface area contributed by atoms with Crippen LogP contribution >= 0.6 is 0 Å². The average Bonchev–Trinajstić information content (AvgIpc) is 3.89. The Kier molecular flexibility index (Phi) is 7.79. The summed E-state index contributed by atoms with van der Waals surface area (Å²) in [5, 5.41) is 2.13. The van der Waals surface area contributed by atoms with Gasteiger partial charge in [-0.2, -0.15) is 0 Å². The van der Waals surface area contributed by atoms with Crippen molar-refractivity contribution in [2.45, 2.75) is 5.41 Å². The van der Waals surface area contributed by atoms with Crippen LogP contribution in [0, 0.1) is 0 Å². The molecule has 1 aliphatic heterocycles. The summed E-state index contributed by atoms with van der Waals surface area (Å²) in [7, 11) is 0. The number of hydrogen-bond acceptors (Lipinski definition) is 4. The van der Waals surface area contributed by atoms with Gasteiger partial charge in [0.15, 0.2) is 5.82 Å². The van der Waals surface area contributed by atoms with Gasteiger partial charge in [-0.25, -0.2) is 9.97 Å². The normalized spacial score (nSPS) is 13.0. The molecule has 294 valence electrons. The van der Waals surface area contributed by atoms with E-state index in [0.717, 1.165) is 106 Å². The van der Waals surface area contributed by atoms with Crippen LogP contribution < -0.4 is 4.74 Å². The maximum absolute atomic E-state index is 6.68. The summed E-state index contributed by atoms with van der Waals surface area (Å²) in [5.41, 5.74) is 16.9. The largest absolute Gasteiger partial charge is 0.457 e. The minimum atomic E-state index is -0.624. The summed E-state index contributed by atoms with van der Waals surface area (Å²) < 4.78 is 13.3. The summed E-state index contributed by atoms with van der Waals surface area (Å²) in [5.74, 6) is 2.35. The van der Waals surface area contributed by atoms with Crippen LogP contribution in [0.4, 0.5) is 0 Å². The zero-order valence-electron chi connectivity index (χ0n) is 34.0. The third-order valence-corrected chi connectivity index (χ3v) is 13.0. The van der Waals surface area contributed by atoms with E-state index in [1.54, 1.807) is 0 Å². The fraction of sp³-hybridized carbons (Fsp3) is 0.0169. The summed E-state index contributed by atoms with van der Waals surface area (Å²) in [4.78, 5) is 11.2. The lowest BCUT2D eigenvalue weighted by Crippen LogP contribution is -2.32. The van der Waals surface area contributed by atoms with Gasteiger partial charge in [0.1, 0.15) is 22.7 Å². The lowest BCUT2D eigenvalue weighted by Gasteiger charge is -2.39. The van der Waals surface area contributed by atoms with Crippen molar-refractivity contribution in [2.75, 3.05) is 0 Å². The second-order valence-corrected chi connectivity index (χ2v) is 16.4. The fourth-order valence-corrected chi connectivity index (χ4v) is 10.3. The van der Waals surface area contributed by atoms with Crippen LogP contribution in [0.15, 0.2) is 223 Å². The summed E-state index contributed by atoms with van der Waals surface area (Å²) in [6.45, 7) is 0. The van der Waals surface area contributed by atoms with Gasteiger partial charge in [0.2, 0.25) is 0 Å². The van der Waals surface area contributed by atoms with E-state index in [2.05, 4.69) is 206 Å². The van der Waals surface area contributed by atoms with Gasteiger partial charge in [-0.05, 0) is 80.9 Å². The van der Waals surface area contributed by atoms with E-state index in [-0.39, 0.29) is 0 Å². The third-order valence-electron chi connectivity index (χ3n) is 13.0. The highest BCUT2D eigenvalue weighted by Gasteiger charge is 2.51. The molecule has 9 aromatic carbocycles. The van der Waals surface area contributed by atoms with Crippen molar-refractivity contribution in [3.05, 3.63) is 241 Å². The smallest absolute Gasteiger partial charge is 0.161 e. The first-order valence-electron chi connectivity index (χ1n) is 21.4. The monoisotopic (exact) mass is 804 g/mol. The molecule has 0 radical (unpaired) electrons. The third kappa shape index (κ3) is 5.28. The molecule has 4 heteroatoms. The lowest BCUT2D eigenvalue weighted by atomic mass is 9.66. The van der Waals surface area contributed by atoms with Gasteiger partial charge in [-0.3, -0.25) is 0 Å². The van der Waals surface area contributed by atoms with E-state index in [1.165, 1.54) is 11.1 Å². The van der Waals surface area contributed by atoms with E-state index in [4.69, 9.17) is 19.1 Å². The Morgan fingerprint density at radius 3 is 1.70 bits per heavy atom. The zero-order chi connectivity index (χ0) is 41.5. The molecular weight excluding hydrogens is 769 g/mol. The van der Waals surface area contributed by atoms with E-state index in [1.807, 2.05) is 12.1 Å². The number of rotatable bonds is 5. The van der Waals surface area contributed by atoms with E-state index in [9.17, 15) is 0 Å². The molecule has 0 amide bonds. The number of benzene rings is 9. The predicted molar refractivity (Wildman–Crippen MR) is 254 cm³/mol. The Balaban J connectivity index is 1.11. The topological polar surface area (TPSA) is 48.2 Å². The van der Waals surface area contributed by atoms with Crippen molar-refractivity contribution in [3.63, 3.8) is 0 Å². The highest BCUT2D eigenvalue weighted by molar-refractivity contribution is 6.09. The second-order valence-electron chi connectivity index (χ2n) is 16.4. The first-order chi connectivity index (χ1) is 31.2. The van der Waals surface area contributed by atoms with Crippen molar-refractivity contribution in [2.24, 2.45) is 0 Å². The lowest BCUT2D eigenvalue weighted by molar-refractivity contribution is 0.436. The van der Waals surface area contributed by atoms with Gasteiger partial charge in [-0.1, -0.05) is 182 Å². The average molecular weight is 805 g/mol. The highest BCUT2D eigenvalue weighted by Crippen LogP contribution is 2.63. The van der Waals surface area contributed by atoms with Crippen LogP contribution in [-0.4, -0.2) is 9.97 Å². The van der Waals surface area contributed by atoms with Crippen molar-refractivity contribution >= 4 is 21.9 Å². The molecule has 2 aliphatic rings. The molecule has 13 rings (SSSR count).